The van der Waals surface area contributed by atoms with Crippen LogP contribution in [0, 0.1) is 11.8 Å². The van der Waals surface area contributed by atoms with Crippen molar-refractivity contribution in [2.45, 2.75) is 78.7 Å². The van der Waals surface area contributed by atoms with Crippen LogP contribution in [-0.2, 0) is 0 Å². The molecule has 21 heavy (non-hydrogen) atoms. The molecule has 0 amide bonds. The van der Waals surface area contributed by atoms with Gasteiger partial charge in [-0.25, -0.2) is 0 Å². The van der Waals surface area contributed by atoms with E-state index in [2.05, 4.69) is 52.0 Å². The first-order valence-corrected chi connectivity index (χ1v) is 8.53. The third-order valence-corrected chi connectivity index (χ3v) is 4.67. The largest absolute Gasteiger partial charge is 0.390 e. The molecule has 1 aliphatic carbocycles. The van der Waals surface area contributed by atoms with E-state index in [9.17, 15) is 5.11 Å². The van der Waals surface area contributed by atoms with E-state index in [-0.39, 0.29) is 0 Å². The van der Waals surface area contributed by atoms with E-state index in [0.29, 0.717) is 11.8 Å². The molecule has 1 aliphatic rings. The van der Waals surface area contributed by atoms with Crippen LogP contribution in [0.25, 0.3) is 0 Å². The minimum absolute atomic E-state index is 0.518. The summed E-state index contributed by atoms with van der Waals surface area (Å²) >= 11 is 0. The molecular weight excluding hydrogens is 256 g/mol. The lowest BCUT2D eigenvalue weighted by Gasteiger charge is -2.27. The minimum atomic E-state index is -0.518. The van der Waals surface area contributed by atoms with Gasteiger partial charge in [0, 0.05) is 0 Å². The van der Waals surface area contributed by atoms with E-state index in [1.54, 1.807) is 0 Å². The fourth-order valence-electron chi connectivity index (χ4n) is 2.89. The normalized spacial score (nSPS) is 36.2. The molecule has 1 N–H and O–H groups in total. The second-order valence-electron chi connectivity index (χ2n) is 7.39. The van der Waals surface area contributed by atoms with Crippen molar-refractivity contribution >= 4 is 0 Å². The quantitative estimate of drug-likeness (QED) is 0.604. The molecule has 0 bridgehead atoms. The maximum Gasteiger partial charge on any atom is 0.0620 e. The Balaban J connectivity index is 2.87. The van der Waals surface area contributed by atoms with E-state index in [1.165, 1.54) is 11.1 Å². The summed E-state index contributed by atoms with van der Waals surface area (Å²) in [6, 6.07) is 0. The van der Waals surface area contributed by atoms with E-state index in [4.69, 9.17) is 0 Å². The maximum atomic E-state index is 10.6. The lowest BCUT2D eigenvalue weighted by atomic mass is 9.84. The van der Waals surface area contributed by atoms with Gasteiger partial charge in [0.1, 0.15) is 0 Å². The second kappa shape index (κ2) is 8.58. The number of aliphatic hydroxyl groups is 1. The Morgan fingerprint density at radius 2 is 1.90 bits per heavy atom. The predicted octanol–water partition coefficient (Wildman–Crippen LogP) is 5.81. The van der Waals surface area contributed by atoms with Crippen molar-refractivity contribution in [3.05, 3.63) is 35.5 Å². The fourth-order valence-corrected chi connectivity index (χ4v) is 2.89. The fraction of sp³-hybridized carbons (Fsp3) is 0.700. The number of allylic oxidation sites excluding steroid dienone is 6. The molecule has 0 spiro atoms. The Kier molecular flexibility index (Phi) is 7.45. The van der Waals surface area contributed by atoms with Crippen LogP contribution in [0.1, 0.15) is 73.1 Å². The van der Waals surface area contributed by atoms with Crippen LogP contribution in [0.4, 0.5) is 0 Å². The van der Waals surface area contributed by atoms with Crippen LogP contribution in [-0.4, -0.2) is 10.7 Å². The Morgan fingerprint density at radius 3 is 2.57 bits per heavy atom. The summed E-state index contributed by atoms with van der Waals surface area (Å²) in [6.45, 7) is 10.9. The average molecular weight is 290 g/mol. The molecule has 1 rings (SSSR count). The highest BCUT2D eigenvalue weighted by Crippen LogP contribution is 2.27. The lowest BCUT2D eigenvalue weighted by molar-refractivity contribution is 0.0337. The van der Waals surface area contributed by atoms with Crippen molar-refractivity contribution in [3.63, 3.8) is 0 Å². The third kappa shape index (κ3) is 7.66. The molecule has 0 aromatic rings. The molecule has 2 atom stereocenters. The van der Waals surface area contributed by atoms with Crippen LogP contribution in [0.3, 0.4) is 0 Å². The highest BCUT2D eigenvalue weighted by atomic mass is 16.3. The Morgan fingerprint density at radius 1 is 1.19 bits per heavy atom. The molecule has 0 aliphatic heterocycles. The van der Waals surface area contributed by atoms with Gasteiger partial charge in [-0.1, -0.05) is 49.3 Å². The van der Waals surface area contributed by atoms with Gasteiger partial charge in [-0.2, -0.15) is 0 Å². The number of rotatable bonds is 1. The summed E-state index contributed by atoms with van der Waals surface area (Å²) in [6.07, 6.45) is 15.3. The van der Waals surface area contributed by atoms with Gasteiger partial charge in [-0.05, 0) is 71.1 Å². The van der Waals surface area contributed by atoms with Gasteiger partial charge in [0.15, 0.2) is 0 Å². The zero-order valence-electron chi connectivity index (χ0n) is 14.7. The Labute approximate surface area is 131 Å². The molecule has 120 valence electrons. The second-order valence-corrected chi connectivity index (χ2v) is 7.39. The topological polar surface area (TPSA) is 20.2 Å². The molecular formula is C20H34O. The van der Waals surface area contributed by atoms with Crippen LogP contribution in [0.5, 0.6) is 0 Å². The van der Waals surface area contributed by atoms with Crippen LogP contribution >= 0.6 is 0 Å². The summed E-state index contributed by atoms with van der Waals surface area (Å²) in [4.78, 5) is 0. The van der Waals surface area contributed by atoms with Crippen LogP contribution in [0.15, 0.2) is 35.5 Å². The molecule has 0 radical (unpaired) electrons. The summed E-state index contributed by atoms with van der Waals surface area (Å²) in [7, 11) is 0. The van der Waals surface area contributed by atoms with Gasteiger partial charge < -0.3 is 5.11 Å². The zero-order valence-corrected chi connectivity index (χ0v) is 14.7. The predicted molar refractivity (Wildman–Crippen MR) is 93.3 cm³/mol. The summed E-state index contributed by atoms with van der Waals surface area (Å²) < 4.78 is 0. The van der Waals surface area contributed by atoms with Crippen molar-refractivity contribution in [2.75, 3.05) is 0 Å². The van der Waals surface area contributed by atoms with E-state index in [0.717, 1.165) is 38.5 Å². The van der Waals surface area contributed by atoms with Crippen LogP contribution < -0.4 is 0 Å². The van der Waals surface area contributed by atoms with Crippen molar-refractivity contribution < 1.29 is 5.11 Å². The van der Waals surface area contributed by atoms with Gasteiger partial charge in [-0.3, -0.25) is 0 Å². The molecule has 0 heterocycles. The standard InChI is InChI=1S/C20H34O/c1-16(2)19-12-11-18(4)9-6-8-17(3)10-7-14-20(5,21)15-13-19/h8-9,11-12,16,19,21H,6-7,10,13-15H2,1-5H3/b12-11-,17-8+,18-9+. The first-order chi connectivity index (χ1) is 9.80. The maximum absolute atomic E-state index is 10.6. The van der Waals surface area contributed by atoms with E-state index in [1.807, 2.05) is 6.92 Å². The summed E-state index contributed by atoms with van der Waals surface area (Å²) in [5, 5.41) is 10.6. The summed E-state index contributed by atoms with van der Waals surface area (Å²) in [5.74, 6) is 1.18. The van der Waals surface area contributed by atoms with Crippen molar-refractivity contribution in [3.8, 4) is 0 Å². The van der Waals surface area contributed by atoms with Gasteiger partial charge >= 0.3 is 0 Å². The van der Waals surface area contributed by atoms with Gasteiger partial charge in [0.2, 0.25) is 0 Å². The van der Waals surface area contributed by atoms with Gasteiger partial charge in [-0.15, -0.1) is 0 Å². The number of hydrogen-bond acceptors (Lipinski definition) is 1. The van der Waals surface area contributed by atoms with Crippen LogP contribution in [0.2, 0.25) is 0 Å². The summed E-state index contributed by atoms with van der Waals surface area (Å²) in [5.41, 5.74) is 2.26. The molecule has 2 unspecified atom stereocenters. The molecule has 0 fully saturated rings. The van der Waals surface area contributed by atoms with E-state index < -0.39 is 5.60 Å². The molecule has 0 saturated carbocycles. The third-order valence-electron chi connectivity index (χ3n) is 4.67. The molecule has 1 nitrogen and oxygen atoms in total. The van der Waals surface area contributed by atoms with E-state index >= 15 is 0 Å². The first-order valence-electron chi connectivity index (χ1n) is 8.53. The SMILES string of the molecule is CC1=C\C/C=C(\C)CCCC(C)(O)CCC(C(C)C)/C=C\1. The molecule has 1 heteroatoms. The smallest absolute Gasteiger partial charge is 0.0620 e. The minimum Gasteiger partial charge on any atom is -0.390 e. The molecule has 0 aromatic heterocycles. The van der Waals surface area contributed by atoms with Crippen molar-refractivity contribution in [1.82, 2.24) is 0 Å². The lowest BCUT2D eigenvalue weighted by Crippen LogP contribution is -2.25. The first kappa shape index (κ1) is 18.2. The monoisotopic (exact) mass is 290 g/mol. The Bertz CT molecular complexity index is 396. The highest BCUT2D eigenvalue weighted by Gasteiger charge is 2.22. The van der Waals surface area contributed by atoms with Crippen molar-refractivity contribution in [2.24, 2.45) is 11.8 Å². The number of hydrogen-bond donors (Lipinski definition) is 1. The molecule has 0 saturated heterocycles. The highest BCUT2D eigenvalue weighted by molar-refractivity contribution is 5.18. The Hall–Kier alpha value is -0.820. The average Bonchev–Trinajstić information content (AvgIpc) is 2.37. The van der Waals surface area contributed by atoms with Gasteiger partial charge in [0.05, 0.1) is 5.60 Å². The zero-order chi connectivity index (χ0) is 15.9. The molecule has 0 aromatic carbocycles. The van der Waals surface area contributed by atoms with Gasteiger partial charge in [0.25, 0.3) is 0 Å². The van der Waals surface area contributed by atoms with Crippen molar-refractivity contribution in [1.29, 1.82) is 0 Å².